The predicted octanol–water partition coefficient (Wildman–Crippen LogP) is 4.28. The Morgan fingerprint density at radius 1 is 1.00 bits per heavy atom. The number of fused-ring (bicyclic) bond motifs is 1. The lowest BCUT2D eigenvalue weighted by molar-refractivity contribution is -0.110. The first kappa shape index (κ1) is 12.6. The molecule has 0 bridgehead atoms. The van der Waals surface area contributed by atoms with E-state index in [2.05, 4.69) is 42.2 Å². The number of nitrogens with one attached hydrogen (secondary N) is 1. The van der Waals surface area contributed by atoms with Gasteiger partial charge in [0.15, 0.2) is 0 Å². The molecule has 94 valence electrons. The van der Waals surface area contributed by atoms with Gasteiger partial charge in [0.2, 0.25) is 0 Å². The highest BCUT2D eigenvalue weighted by Crippen LogP contribution is 2.29. The van der Waals surface area contributed by atoms with E-state index in [9.17, 15) is 4.79 Å². The number of amides is 1. The lowest BCUT2D eigenvalue weighted by atomic mass is 10.1. The molecule has 0 unspecified atom stereocenters. The Morgan fingerprint density at radius 3 is 2.58 bits per heavy atom. The standard InChI is InChI=1S/C14H8Br2N2O/c15-8-2-1-3-10(6-8)17-13-11-7-9(16)4-5-12(11)18-14(13)19/h1-7H,(H,17,18,19). The maximum atomic E-state index is 12.0. The third-order valence-electron chi connectivity index (χ3n) is 2.75. The third kappa shape index (κ3) is 2.48. The number of halogens is 2. The zero-order chi connectivity index (χ0) is 13.4. The second-order valence-corrected chi connectivity index (χ2v) is 5.92. The molecule has 1 heterocycles. The smallest absolute Gasteiger partial charge is 0.275 e. The molecular formula is C14H8Br2N2O. The number of rotatable bonds is 1. The highest BCUT2D eigenvalue weighted by molar-refractivity contribution is 9.10. The molecular weight excluding hydrogens is 372 g/mol. The van der Waals surface area contributed by atoms with Gasteiger partial charge in [-0.05, 0) is 36.4 Å². The molecule has 3 rings (SSSR count). The Bertz CT molecular complexity index is 710. The molecule has 1 aliphatic heterocycles. The zero-order valence-corrected chi connectivity index (χ0v) is 12.8. The fourth-order valence-corrected chi connectivity index (χ4v) is 2.66. The van der Waals surface area contributed by atoms with Crippen molar-refractivity contribution in [2.75, 3.05) is 5.32 Å². The van der Waals surface area contributed by atoms with Crippen LogP contribution >= 0.6 is 31.9 Å². The summed E-state index contributed by atoms with van der Waals surface area (Å²) in [6, 6.07) is 13.2. The fourth-order valence-electron chi connectivity index (χ4n) is 1.91. The number of carbonyl (C=O) groups excluding carboxylic acids is 1. The number of aliphatic imine (C=N–C) groups is 1. The minimum absolute atomic E-state index is 0.173. The van der Waals surface area contributed by atoms with E-state index in [-0.39, 0.29) is 5.91 Å². The van der Waals surface area contributed by atoms with Crippen LogP contribution in [-0.4, -0.2) is 11.6 Å². The topological polar surface area (TPSA) is 41.5 Å². The number of anilines is 1. The van der Waals surface area contributed by atoms with Crippen LogP contribution in [0.15, 0.2) is 56.4 Å². The number of hydrogen-bond donors (Lipinski definition) is 1. The van der Waals surface area contributed by atoms with Crippen molar-refractivity contribution >= 4 is 54.9 Å². The largest absolute Gasteiger partial charge is 0.320 e. The first-order valence-electron chi connectivity index (χ1n) is 5.59. The van der Waals surface area contributed by atoms with Crippen molar-refractivity contribution in [2.45, 2.75) is 0 Å². The summed E-state index contributed by atoms with van der Waals surface area (Å²) in [5.41, 5.74) is 2.79. The van der Waals surface area contributed by atoms with Gasteiger partial charge in [0.1, 0.15) is 5.71 Å². The van der Waals surface area contributed by atoms with E-state index in [0.29, 0.717) is 5.71 Å². The van der Waals surface area contributed by atoms with Gasteiger partial charge in [0.05, 0.1) is 11.4 Å². The molecule has 0 spiro atoms. The van der Waals surface area contributed by atoms with Gasteiger partial charge in [-0.15, -0.1) is 0 Å². The molecule has 2 aromatic carbocycles. The monoisotopic (exact) mass is 378 g/mol. The van der Waals surface area contributed by atoms with E-state index in [1.165, 1.54) is 0 Å². The van der Waals surface area contributed by atoms with E-state index in [4.69, 9.17) is 0 Å². The van der Waals surface area contributed by atoms with Crippen LogP contribution in [-0.2, 0) is 4.79 Å². The summed E-state index contributed by atoms with van der Waals surface area (Å²) in [4.78, 5) is 16.4. The molecule has 19 heavy (non-hydrogen) atoms. The van der Waals surface area contributed by atoms with Crippen molar-refractivity contribution in [1.29, 1.82) is 0 Å². The predicted molar refractivity (Wildman–Crippen MR) is 83.1 cm³/mol. The molecule has 0 fully saturated rings. The summed E-state index contributed by atoms with van der Waals surface area (Å²) >= 11 is 6.80. The van der Waals surface area contributed by atoms with Crippen LogP contribution in [0, 0.1) is 0 Å². The quantitative estimate of drug-likeness (QED) is 0.789. The van der Waals surface area contributed by atoms with Crippen LogP contribution in [0.4, 0.5) is 11.4 Å². The first-order chi connectivity index (χ1) is 9.13. The summed E-state index contributed by atoms with van der Waals surface area (Å²) in [6.07, 6.45) is 0. The van der Waals surface area contributed by atoms with Crippen LogP contribution < -0.4 is 5.32 Å². The van der Waals surface area contributed by atoms with Crippen molar-refractivity contribution in [3.8, 4) is 0 Å². The Morgan fingerprint density at radius 2 is 1.79 bits per heavy atom. The van der Waals surface area contributed by atoms with E-state index in [0.717, 1.165) is 25.9 Å². The Kier molecular flexibility index (Phi) is 3.24. The summed E-state index contributed by atoms with van der Waals surface area (Å²) in [5.74, 6) is -0.173. The molecule has 0 aromatic heterocycles. The van der Waals surface area contributed by atoms with Gasteiger partial charge < -0.3 is 5.32 Å². The third-order valence-corrected chi connectivity index (χ3v) is 3.74. The van der Waals surface area contributed by atoms with E-state index in [1.807, 2.05) is 42.5 Å². The van der Waals surface area contributed by atoms with Crippen molar-refractivity contribution < 1.29 is 4.79 Å². The van der Waals surface area contributed by atoms with E-state index >= 15 is 0 Å². The van der Waals surface area contributed by atoms with E-state index < -0.39 is 0 Å². The van der Waals surface area contributed by atoms with Gasteiger partial charge in [-0.1, -0.05) is 37.9 Å². The molecule has 1 amide bonds. The SMILES string of the molecule is O=C1Nc2ccc(Br)cc2C1=Nc1cccc(Br)c1. The Labute approximate surface area is 127 Å². The van der Waals surface area contributed by atoms with Gasteiger partial charge >= 0.3 is 0 Å². The van der Waals surface area contributed by atoms with Gasteiger partial charge in [-0.25, -0.2) is 4.99 Å². The van der Waals surface area contributed by atoms with Crippen molar-refractivity contribution in [3.05, 3.63) is 57.0 Å². The minimum Gasteiger partial charge on any atom is -0.320 e. The second kappa shape index (κ2) is 4.90. The second-order valence-electron chi connectivity index (χ2n) is 4.08. The maximum absolute atomic E-state index is 12.0. The van der Waals surface area contributed by atoms with Gasteiger partial charge in [-0.3, -0.25) is 4.79 Å². The molecule has 1 N–H and O–H groups in total. The Balaban J connectivity index is 2.11. The van der Waals surface area contributed by atoms with E-state index in [1.54, 1.807) is 0 Å². The first-order valence-corrected chi connectivity index (χ1v) is 7.17. The van der Waals surface area contributed by atoms with Gasteiger partial charge in [0.25, 0.3) is 5.91 Å². The average molecular weight is 380 g/mol. The maximum Gasteiger partial charge on any atom is 0.275 e. The summed E-state index contributed by atoms with van der Waals surface area (Å²) in [5, 5.41) is 2.81. The van der Waals surface area contributed by atoms with Gasteiger partial charge in [0, 0.05) is 14.5 Å². The van der Waals surface area contributed by atoms with Crippen LogP contribution in [0.1, 0.15) is 5.56 Å². The number of hydrogen-bond acceptors (Lipinski definition) is 2. The molecule has 0 aliphatic carbocycles. The van der Waals surface area contributed by atoms with Crippen molar-refractivity contribution in [3.63, 3.8) is 0 Å². The lowest BCUT2D eigenvalue weighted by Gasteiger charge is -1.99. The number of nitrogens with zero attached hydrogens (tertiary/aromatic N) is 1. The van der Waals surface area contributed by atoms with Gasteiger partial charge in [-0.2, -0.15) is 0 Å². The molecule has 1 aliphatic rings. The zero-order valence-electron chi connectivity index (χ0n) is 9.65. The molecule has 5 heteroatoms. The molecule has 0 atom stereocenters. The average Bonchev–Trinajstić information content (AvgIpc) is 2.66. The van der Waals surface area contributed by atoms with Crippen LogP contribution in [0.2, 0.25) is 0 Å². The molecule has 0 saturated carbocycles. The fraction of sp³-hybridized carbons (Fsp3) is 0. The van der Waals surface area contributed by atoms with Crippen LogP contribution in [0.5, 0.6) is 0 Å². The summed E-state index contributed by atoms with van der Waals surface area (Å²) in [6.45, 7) is 0. The van der Waals surface area contributed by atoms with Crippen molar-refractivity contribution in [2.24, 2.45) is 4.99 Å². The highest BCUT2D eigenvalue weighted by atomic mass is 79.9. The molecule has 3 nitrogen and oxygen atoms in total. The Hall–Kier alpha value is -1.46. The van der Waals surface area contributed by atoms with Crippen LogP contribution in [0.3, 0.4) is 0 Å². The molecule has 0 saturated heterocycles. The molecule has 2 aromatic rings. The molecule has 0 radical (unpaired) electrons. The van der Waals surface area contributed by atoms with Crippen molar-refractivity contribution in [1.82, 2.24) is 0 Å². The number of carbonyl (C=O) groups is 1. The summed E-state index contributed by atoms with van der Waals surface area (Å²) in [7, 11) is 0. The van der Waals surface area contributed by atoms with Crippen LogP contribution in [0.25, 0.3) is 0 Å². The minimum atomic E-state index is -0.173. The summed E-state index contributed by atoms with van der Waals surface area (Å²) < 4.78 is 1.85. The highest BCUT2D eigenvalue weighted by Gasteiger charge is 2.25. The normalized spacial score (nSPS) is 15.5. The lowest BCUT2D eigenvalue weighted by Crippen LogP contribution is -2.13. The number of benzene rings is 2.